The molecule has 0 amide bonds. The topological polar surface area (TPSA) is 48.1 Å². The molecule has 1 heterocycles. The molecule has 3 nitrogen and oxygen atoms in total. The highest BCUT2D eigenvalue weighted by atomic mass is 19.4. The molecule has 0 radical (unpaired) electrons. The van der Waals surface area contributed by atoms with Crippen LogP contribution < -0.4 is 5.73 Å². The second kappa shape index (κ2) is 8.23. The minimum atomic E-state index is -4.32. The van der Waals surface area contributed by atoms with E-state index in [4.69, 9.17) is 5.73 Å². The van der Waals surface area contributed by atoms with Crippen LogP contribution in [0.2, 0.25) is 0 Å². The van der Waals surface area contributed by atoms with Gasteiger partial charge in [-0.05, 0) is 25.0 Å². The maximum absolute atomic E-state index is 12.0. The van der Waals surface area contributed by atoms with E-state index in [1.54, 1.807) is 0 Å². The molecule has 1 aliphatic carbocycles. The van der Waals surface area contributed by atoms with E-state index in [1.807, 2.05) is 0 Å². The summed E-state index contributed by atoms with van der Waals surface area (Å²) in [6.07, 6.45) is -0.00353. The largest absolute Gasteiger partial charge is 0.417 e. The molecule has 0 unspecified atom stereocenters. The van der Waals surface area contributed by atoms with E-state index in [-0.39, 0.29) is 12.6 Å². The van der Waals surface area contributed by atoms with Crippen LogP contribution in [0.5, 0.6) is 0 Å². The van der Waals surface area contributed by atoms with E-state index in [0.29, 0.717) is 5.69 Å². The van der Waals surface area contributed by atoms with Crippen molar-refractivity contribution < 1.29 is 26.7 Å². The fourth-order valence-electron chi connectivity index (χ4n) is 1.88. The molecule has 1 fully saturated rings. The van der Waals surface area contributed by atoms with Crippen LogP contribution >= 0.6 is 0 Å². The van der Waals surface area contributed by atoms with Crippen molar-refractivity contribution in [2.24, 2.45) is 5.73 Å². The molecule has 0 spiro atoms. The highest BCUT2D eigenvalue weighted by Gasteiger charge is 2.30. The minimum Gasteiger partial charge on any atom is -0.325 e. The Morgan fingerprint density at radius 2 is 1.86 bits per heavy atom. The molecule has 1 aromatic rings. The van der Waals surface area contributed by atoms with Crippen LogP contribution in [0.1, 0.15) is 36.9 Å². The number of ether oxygens (including phenoxy) is 1. The smallest absolute Gasteiger partial charge is 0.325 e. The Hall–Kier alpha value is -1.28. The first-order valence-corrected chi connectivity index (χ1v) is 6.48. The molecule has 0 saturated heterocycles. The van der Waals surface area contributed by atoms with Gasteiger partial charge in [0.05, 0.1) is 17.4 Å². The average Bonchev–Trinajstić information content (AvgIpc) is 2.90. The quantitative estimate of drug-likeness (QED) is 0.865. The third-order valence-corrected chi connectivity index (χ3v) is 2.96. The summed E-state index contributed by atoms with van der Waals surface area (Å²) in [5.41, 5.74) is 4.86. The van der Waals surface area contributed by atoms with Gasteiger partial charge in [0.1, 0.15) is 0 Å². The molecule has 1 saturated carbocycles. The average molecular weight is 312 g/mol. The lowest BCUT2D eigenvalue weighted by atomic mass is 10.2. The van der Waals surface area contributed by atoms with Gasteiger partial charge in [-0.3, -0.25) is 4.98 Å². The molecule has 0 aromatic carbocycles. The van der Waals surface area contributed by atoms with Crippen molar-refractivity contribution in [2.75, 3.05) is 0 Å². The third-order valence-electron chi connectivity index (χ3n) is 2.96. The maximum Gasteiger partial charge on any atom is 0.417 e. The van der Waals surface area contributed by atoms with Gasteiger partial charge >= 0.3 is 12.8 Å². The lowest BCUT2D eigenvalue weighted by Gasteiger charge is -2.07. The molecular weight excluding hydrogens is 295 g/mol. The Labute approximate surface area is 119 Å². The standard InChI is InChI=1S/C7H7F3N2.C6H10F2O/c8-7(9,10)5-1-2-6(3-11)12-4-5;7-6(8)9-5-3-1-2-4-5/h1-2,4H,3,11H2;5-6H,1-4H2. The predicted octanol–water partition coefficient (Wildman–Crippen LogP) is 3.73. The van der Waals surface area contributed by atoms with Gasteiger partial charge in [-0.15, -0.1) is 0 Å². The van der Waals surface area contributed by atoms with Crippen molar-refractivity contribution >= 4 is 0 Å². The normalized spacial score (nSPS) is 16.0. The van der Waals surface area contributed by atoms with Crippen molar-refractivity contribution in [1.29, 1.82) is 0 Å². The van der Waals surface area contributed by atoms with Gasteiger partial charge in [-0.1, -0.05) is 12.8 Å². The number of hydrogen-bond acceptors (Lipinski definition) is 3. The molecule has 0 bridgehead atoms. The summed E-state index contributed by atoms with van der Waals surface area (Å²) >= 11 is 0. The summed E-state index contributed by atoms with van der Waals surface area (Å²) in [6.45, 7) is -2.42. The van der Waals surface area contributed by atoms with Crippen LogP contribution in [0.3, 0.4) is 0 Å². The zero-order chi connectivity index (χ0) is 15.9. The van der Waals surface area contributed by atoms with Crippen LogP contribution in [0.25, 0.3) is 0 Å². The van der Waals surface area contributed by atoms with E-state index in [9.17, 15) is 22.0 Å². The van der Waals surface area contributed by atoms with Crippen molar-refractivity contribution in [3.63, 3.8) is 0 Å². The fourth-order valence-corrected chi connectivity index (χ4v) is 1.88. The molecule has 1 aromatic heterocycles. The third kappa shape index (κ3) is 6.81. The van der Waals surface area contributed by atoms with Gasteiger partial charge in [-0.2, -0.15) is 22.0 Å². The highest BCUT2D eigenvalue weighted by molar-refractivity contribution is 5.16. The Morgan fingerprint density at radius 3 is 2.24 bits per heavy atom. The first-order valence-electron chi connectivity index (χ1n) is 6.48. The molecule has 2 N–H and O–H groups in total. The summed E-state index contributed by atoms with van der Waals surface area (Å²) in [7, 11) is 0. The van der Waals surface area contributed by atoms with Gasteiger partial charge in [-0.25, -0.2) is 0 Å². The summed E-state index contributed by atoms with van der Waals surface area (Å²) < 4.78 is 63.1. The van der Waals surface area contributed by atoms with Crippen molar-refractivity contribution in [3.8, 4) is 0 Å². The monoisotopic (exact) mass is 312 g/mol. The summed E-state index contributed by atoms with van der Waals surface area (Å²) in [5, 5.41) is 0. The number of alkyl halides is 5. The van der Waals surface area contributed by atoms with E-state index in [0.717, 1.165) is 37.9 Å². The molecule has 8 heteroatoms. The molecule has 0 aliphatic heterocycles. The Kier molecular flexibility index (Phi) is 6.97. The Morgan fingerprint density at radius 1 is 1.24 bits per heavy atom. The van der Waals surface area contributed by atoms with Crippen LogP contribution in [0, 0.1) is 0 Å². The number of pyridine rings is 1. The van der Waals surface area contributed by atoms with E-state index in [2.05, 4.69) is 9.72 Å². The van der Waals surface area contributed by atoms with Crippen molar-refractivity contribution in [2.45, 2.75) is 51.1 Å². The number of nitrogens with zero attached hydrogens (tertiary/aromatic N) is 1. The van der Waals surface area contributed by atoms with E-state index >= 15 is 0 Å². The van der Waals surface area contributed by atoms with Gasteiger partial charge in [0.2, 0.25) is 0 Å². The molecule has 120 valence electrons. The molecule has 0 atom stereocenters. The predicted molar refractivity (Wildman–Crippen MR) is 66.5 cm³/mol. The summed E-state index contributed by atoms with van der Waals surface area (Å²) in [4.78, 5) is 3.52. The minimum absolute atomic E-state index is 0.151. The van der Waals surface area contributed by atoms with Crippen LogP contribution in [0.4, 0.5) is 22.0 Å². The van der Waals surface area contributed by atoms with E-state index < -0.39 is 18.4 Å². The molecule has 1 aliphatic rings. The zero-order valence-electron chi connectivity index (χ0n) is 11.2. The lowest BCUT2D eigenvalue weighted by molar-refractivity contribution is -0.160. The van der Waals surface area contributed by atoms with Gasteiger partial charge in [0.15, 0.2) is 0 Å². The highest BCUT2D eigenvalue weighted by Crippen LogP contribution is 2.28. The van der Waals surface area contributed by atoms with Crippen molar-refractivity contribution in [3.05, 3.63) is 29.6 Å². The number of halogens is 5. The van der Waals surface area contributed by atoms with E-state index in [1.165, 1.54) is 6.07 Å². The second-order valence-electron chi connectivity index (χ2n) is 4.54. The lowest BCUT2D eigenvalue weighted by Crippen LogP contribution is -2.11. The Balaban J connectivity index is 0.000000219. The number of aromatic nitrogens is 1. The molecular formula is C13H17F5N2O. The molecule has 2 rings (SSSR count). The first-order chi connectivity index (χ1) is 9.82. The number of hydrogen-bond donors (Lipinski definition) is 1. The van der Waals surface area contributed by atoms with Crippen molar-refractivity contribution in [1.82, 2.24) is 4.98 Å². The van der Waals surface area contributed by atoms with Gasteiger partial charge in [0.25, 0.3) is 0 Å². The van der Waals surface area contributed by atoms with Crippen LogP contribution in [-0.2, 0) is 17.5 Å². The van der Waals surface area contributed by atoms with Crippen LogP contribution in [0.15, 0.2) is 18.3 Å². The maximum atomic E-state index is 12.0. The SMILES string of the molecule is FC(F)OC1CCCC1.NCc1ccc(C(F)(F)F)cn1. The van der Waals surface area contributed by atoms with Gasteiger partial charge < -0.3 is 10.5 Å². The molecule has 21 heavy (non-hydrogen) atoms. The zero-order valence-corrected chi connectivity index (χ0v) is 11.2. The summed E-state index contributed by atoms with van der Waals surface area (Å²) in [5.74, 6) is 0. The van der Waals surface area contributed by atoms with Gasteiger partial charge in [0, 0.05) is 12.7 Å². The number of nitrogens with two attached hydrogens (primary N) is 1. The Bertz CT molecular complexity index is 402. The second-order valence-corrected chi connectivity index (χ2v) is 4.54. The summed E-state index contributed by atoms with van der Waals surface area (Å²) in [6, 6.07) is 2.23. The fraction of sp³-hybridized carbons (Fsp3) is 0.615. The first kappa shape index (κ1) is 17.8. The number of rotatable bonds is 3. The van der Waals surface area contributed by atoms with Crippen LogP contribution in [-0.4, -0.2) is 17.7 Å².